The van der Waals surface area contributed by atoms with Crippen molar-refractivity contribution in [2.75, 3.05) is 11.8 Å². The van der Waals surface area contributed by atoms with Crippen LogP contribution in [0.15, 0.2) is 0 Å². The van der Waals surface area contributed by atoms with Crippen LogP contribution in [-0.4, -0.2) is 11.8 Å². The summed E-state index contributed by atoms with van der Waals surface area (Å²) in [4.78, 5) is 0. The third-order valence-corrected chi connectivity index (χ3v) is 4.44. The lowest BCUT2D eigenvalue weighted by Gasteiger charge is -2.47. The van der Waals surface area contributed by atoms with E-state index in [0.717, 1.165) is 0 Å². The zero-order valence-electron chi connectivity index (χ0n) is 10.4. The van der Waals surface area contributed by atoms with Gasteiger partial charge in [-0.1, -0.05) is 27.7 Å². The molecule has 0 atom stereocenters. The molecule has 0 spiro atoms. The normalized spacial score (nSPS) is 25.8. The Morgan fingerprint density at radius 1 is 1.00 bits per heavy atom. The Labute approximate surface area is 105 Å². The molecule has 0 aromatic rings. The number of hydrogen-bond donors (Lipinski definition) is 0. The lowest BCUT2D eigenvalue weighted by Crippen LogP contribution is -2.37. The van der Waals surface area contributed by atoms with Gasteiger partial charge in [-0.15, -0.1) is 23.2 Å². The van der Waals surface area contributed by atoms with E-state index in [1.165, 1.54) is 19.3 Å². The minimum Gasteiger partial charge on any atom is -0.126 e. The van der Waals surface area contributed by atoms with Gasteiger partial charge in [-0.3, -0.25) is 0 Å². The molecule has 0 unspecified atom stereocenters. The number of rotatable bonds is 3. The fourth-order valence-electron chi connectivity index (χ4n) is 3.56. The zero-order chi connectivity index (χ0) is 11.7. The zero-order valence-corrected chi connectivity index (χ0v) is 12.0. The molecule has 0 N–H and O–H groups in total. The van der Waals surface area contributed by atoms with Gasteiger partial charge < -0.3 is 0 Å². The number of alkyl halides is 2. The SMILES string of the molecule is CC1(C)CC(C(CCl)CCl)CC(C)(C)C1. The molecule has 0 bridgehead atoms. The summed E-state index contributed by atoms with van der Waals surface area (Å²) in [6.45, 7) is 9.50. The van der Waals surface area contributed by atoms with Crippen molar-refractivity contribution < 1.29 is 0 Å². The molecular formula is C13H24Cl2. The topological polar surface area (TPSA) is 0 Å². The average Bonchev–Trinajstić information content (AvgIpc) is 2.00. The first-order valence-electron chi connectivity index (χ1n) is 5.92. The summed E-state index contributed by atoms with van der Waals surface area (Å²) in [5.74, 6) is 2.62. The van der Waals surface area contributed by atoms with Crippen molar-refractivity contribution in [3.8, 4) is 0 Å². The molecule has 0 radical (unpaired) electrons. The van der Waals surface area contributed by atoms with E-state index in [0.29, 0.717) is 34.4 Å². The van der Waals surface area contributed by atoms with Crippen LogP contribution >= 0.6 is 23.2 Å². The third-order valence-electron chi connectivity index (χ3n) is 3.65. The van der Waals surface area contributed by atoms with Gasteiger partial charge in [0, 0.05) is 11.8 Å². The van der Waals surface area contributed by atoms with Crippen molar-refractivity contribution >= 4 is 23.2 Å². The molecule has 1 aliphatic rings. The van der Waals surface area contributed by atoms with Crippen molar-refractivity contribution in [3.05, 3.63) is 0 Å². The molecular weight excluding hydrogens is 227 g/mol. The summed E-state index contributed by atoms with van der Waals surface area (Å²) < 4.78 is 0. The van der Waals surface area contributed by atoms with Crippen LogP contribution in [0.5, 0.6) is 0 Å². The molecule has 0 saturated heterocycles. The fraction of sp³-hybridized carbons (Fsp3) is 1.00. The predicted molar refractivity (Wildman–Crippen MR) is 69.8 cm³/mol. The van der Waals surface area contributed by atoms with Crippen molar-refractivity contribution in [1.29, 1.82) is 0 Å². The van der Waals surface area contributed by atoms with E-state index in [1.807, 2.05) is 0 Å². The van der Waals surface area contributed by atoms with E-state index in [-0.39, 0.29) is 0 Å². The molecule has 2 heteroatoms. The minimum atomic E-state index is 0.447. The van der Waals surface area contributed by atoms with Crippen LogP contribution in [-0.2, 0) is 0 Å². The Hall–Kier alpha value is 0.580. The minimum absolute atomic E-state index is 0.447. The van der Waals surface area contributed by atoms with Gasteiger partial charge in [0.15, 0.2) is 0 Å². The Morgan fingerprint density at radius 2 is 1.40 bits per heavy atom. The molecule has 0 heterocycles. The summed E-state index contributed by atoms with van der Waals surface area (Å²) in [6, 6.07) is 0. The van der Waals surface area contributed by atoms with E-state index >= 15 is 0 Å². The number of halogens is 2. The van der Waals surface area contributed by atoms with Gasteiger partial charge in [-0.25, -0.2) is 0 Å². The molecule has 0 amide bonds. The molecule has 0 nitrogen and oxygen atoms in total. The van der Waals surface area contributed by atoms with E-state index in [1.54, 1.807) is 0 Å². The van der Waals surface area contributed by atoms with Gasteiger partial charge in [-0.2, -0.15) is 0 Å². The highest BCUT2D eigenvalue weighted by Gasteiger charge is 2.40. The average molecular weight is 251 g/mol. The summed E-state index contributed by atoms with van der Waals surface area (Å²) in [6.07, 6.45) is 3.87. The molecule has 1 saturated carbocycles. The summed E-state index contributed by atoms with van der Waals surface area (Å²) >= 11 is 12.0. The first-order valence-corrected chi connectivity index (χ1v) is 6.98. The summed E-state index contributed by atoms with van der Waals surface area (Å²) in [5, 5.41) is 0. The van der Waals surface area contributed by atoms with E-state index in [9.17, 15) is 0 Å². The Bertz CT molecular complexity index is 189. The van der Waals surface area contributed by atoms with Crippen molar-refractivity contribution in [3.63, 3.8) is 0 Å². The smallest absolute Gasteiger partial charge is 0.0265 e. The molecule has 1 fully saturated rings. The molecule has 90 valence electrons. The second kappa shape index (κ2) is 4.84. The Morgan fingerprint density at radius 3 is 1.73 bits per heavy atom. The van der Waals surface area contributed by atoms with E-state index in [4.69, 9.17) is 23.2 Å². The molecule has 1 aliphatic carbocycles. The maximum Gasteiger partial charge on any atom is 0.0265 e. The highest BCUT2D eigenvalue weighted by atomic mass is 35.5. The lowest BCUT2D eigenvalue weighted by molar-refractivity contribution is 0.0485. The van der Waals surface area contributed by atoms with Crippen molar-refractivity contribution in [1.82, 2.24) is 0 Å². The van der Waals surface area contributed by atoms with Gasteiger partial charge in [0.2, 0.25) is 0 Å². The van der Waals surface area contributed by atoms with Crippen LogP contribution in [0.3, 0.4) is 0 Å². The highest BCUT2D eigenvalue weighted by Crippen LogP contribution is 2.50. The van der Waals surface area contributed by atoms with Crippen LogP contribution in [0.2, 0.25) is 0 Å². The van der Waals surface area contributed by atoms with Crippen LogP contribution in [0, 0.1) is 22.7 Å². The van der Waals surface area contributed by atoms with E-state index in [2.05, 4.69) is 27.7 Å². The standard InChI is InChI=1S/C13H24Cl2/c1-12(2)5-10(11(7-14)8-15)6-13(3,4)9-12/h10-11H,5-9H2,1-4H3. The Kier molecular flexibility index (Phi) is 4.40. The third kappa shape index (κ3) is 3.82. The second-order valence-corrected chi connectivity index (χ2v) is 7.36. The number of hydrogen-bond acceptors (Lipinski definition) is 0. The molecule has 1 rings (SSSR count). The lowest BCUT2D eigenvalue weighted by atomic mass is 9.59. The first-order chi connectivity index (χ1) is 6.79. The van der Waals surface area contributed by atoms with Gasteiger partial charge >= 0.3 is 0 Å². The van der Waals surface area contributed by atoms with E-state index < -0.39 is 0 Å². The maximum absolute atomic E-state index is 6.00. The maximum atomic E-state index is 6.00. The summed E-state index contributed by atoms with van der Waals surface area (Å²) in [5.41, 5.74) is 0.894. The largest absolute Gasteiger partial charge is 0.126 e. The van der Waals surface area contributed by atoms with Gasteiger partial charge in [-0.05, 0) is 41.9 Å². The summed E-state index contributed by atoms with van der Waals surface area (Å²) in [7, 11) is 0. The highest BCUT2D eigenvalue weighted by molar-refractivity contribution is 6.20. The van der Waals surface area contributed by atoms with Gasteiger partial charge in [0.05, 0.1) is 0 Å². The fourth-order valence-corrected chi connectivity index (χ4v) is 4.39. The molecule has 0 aromatic carbocycles. The van der Waals surface area contributed by atoms with Gasteiger partial charge in [0.25, 0.3) is 0 Å². The first kappa shape index (κ1) is 13.6. The van der Waals surface area contributed by atoms with Crippen LogP contribution < -0.4 is 0 Å². The molecule has 15 heavy (non-hydrogen) atoms. The molecule has 0 aromatic heterocycles. The second-order valence-electron chi connectivity index (χ2n) is 6.74. The Balaban J connectivity index is 2.74. The van der Waals surface area contributed by atoms with Crippen molar-refractivity contribution in [2.45, 2.75) is 47.0 Å². The van der Waals surface area contributed by atoms with Gasteiger partial charge in [0.1, 0.15) is 0 Å². The van der Waals surface area contributed by atoms with Crippen LogP contribution in [0.25, 0.3) is 0 Å². The quantitative estimate of drug-likeness (QED) is 0.624. The predicted octanol–water partition coefficient (Wildman–Crippen LogP) is 4.93. The van der Waals surface area contributed by atoms with Crippen molar-refractivity contribution in [2.24, 2.45) is 22.7 Å². The van der Waals surface area contributed by atoms with Crippen LogP contribution in [0.1, 0.15) is 47.0 Å². The monoisotopic (exact) mass is 250 g/mol. The van der Waals surface area contributed by atoms with Crippen LogP contribution in [0.4, 0.5) is 0 Å². The molecule has 0 aliphatic heterocycles.